The predicted octanol–water partition coefficient (Wildman–Crippen LogP) is 2.33. The van der Waals surface area contributed by atoms with Gasteiger partial charge in [0.05, 0.1) is 10.5 Å². The van der Waals surface area contributed by atoms with Gasteiger partial charge in [0, 0.05) is 12.1 Å². The Morgan fingerprint density at radius 2 is 1.82 bits per heavy atom. The standard InChI is InChI=1S/C20H19N3O5/c1-13(10-11-14-6-3-2-4-7-14)21-17(24)12-22-19(25)15-8-5-9-16(23(27)28)18(15)20(22)26/h2-9,13H,10-12H2,1H3,(H,21,24). The SMILES string of the molecule is CC(CCc1ccccc1)NC(=O)CN1C(=O)c2cccc([N+](=O)[O-])c2C1=O. The molecule has 8 heteroatoms. The van der Waals surface area contributed by atoms with Crippen LogP contribution in [0.15, 0.2) is 48.5 Å². The van der Waals surface area contributed by atoms with Crippen LogP contribution in [0.5, 0.6) is 0 Å². The molecule has 0 fully saturated rings. The van der Waals surface area contributed by atoms with Crippen LogP contribution in [0.2, 0.25) is 0 Å². The summed E-state index contributed by atoms with van der Waals surface area (Å²) in [5.41, 5.74) is 0.401. The minimum atomic E-state index is -0.820. The van der Waals surface area contributed by atoms with Gasteiger partial charge in [-0.1, -0.05) is 36.4 Å². The Morgan fingerprint density at radius 1 is 1.11 bits per heavy atom. The van der Waals surface area contributed by atoms with E-state index < -0.39 is 34.9 Å². The van der Waals surface area contributed by atoms with E-state index in [1.165, 1.54) is 18.2 Å². The van der Waals surface area contributed by atoms with Crippen molar-refractivity contribution in [2.45, 2.75) is 25.8 Å². The van der Waals surface area contributed by atoms with Crippen LogP contribution < -0.4 is 5.32 Å². The van der Waals surface area contributed by atoms with Crippen molar-refractivity contribution in [3.8, 4) is 0 Å². The van der Waals surface area contributed by atoms with Crippen LogP contribution in [0.25, 0.3) is 0 Å². The summed E-state index contributed by atoms with van der Waals surface area (Å²) < 4.78 is 0. The lowest BCUT2D eigenvalue weighted by Crippen LogP contribution is -2.43. The van der Waals surface area contributed by atoms with E-state index in [0.29, 0.717) is 6.42 Å². The van der Waals surface area contributed by atoms with Gasteiger partial charge in [0.2, 0.25) is 5.91 Å². The largest absolute Gasteiger partial charge is 0.352 e. The molecule has 0 aliphatic carbocycles. The molecule has 3 rings (SSSR count). The van der Waals surface area contributed by atoms with E-state index in [4.69, 9.17) is 0 Å². The number of aryl methyl sites for hydroxylation is 1. The second-order valence-electron chi connectivity index (χ2n) is 6.65. The van der Waals surface area contributed by atoms with E-state index >= 15 is 0 Å². The lowest BCUT2D eigenvalue weighted by atomic mass is 10.1. The number of rotatable bonds is 7. The molecule has 8 nitrogen and oxygen atoms in total. The zero-order valence-corrected chi connectivity index (χ0v) is 15.3. The van der Waals surface area contributed by atoms with Crippen LogP contribution in [0.1, 0.15) is 39.6 Å². The molecule has 2 aromatic carbocycles. The number of imide groups is 1. The summed E-state index contributed by atoms with van der Waals surface area (Å²) in [5.74, 6) is -2.01. The van der Waals surface area contributed by atoms with Crippen LogP contribution in [0, 0.1) is 10.1 Å². The van der Waals surface area contributed by atoms with Gasteiger partial charge in [-0.05, 0) is 31.4 Å². The zero-order chi connectivity index (χ0) is 20.3. The van der Waals surface area contributed by atoms with Gasteiger partial charge in [-0.15, -0.1) is 0 Å². The Kier molecular flexibility index (Phi) is 5.49. The number of benzene rings is 2. The molecule has 2 aromatic rings. The summed E-state index contributed by atoms with van der Waals surface area (Å²) in [6, 6.07) is 13.5. The predicted molar refractivity (Wildman–Crippen MR) is 101 cm³/mol. The molecule has 1 aliphatic rings. The molecule has 1 aliphatic heterocycles. The summed E-state index contributed by atoms with van der Waals surface area (Å²) in [5, 5.41) is 13.9. The number of nitro benzene ring substituents is 1. The second-order valence-corrected chi connectivity index (χ2v) is 6.65. The third-order valence-corrected chi connectivity index (χ3v) is 4.59. The van der Waals surface area contributed by atoms with Gasteiger partial charge < -0.3 is 5.32 Å². The third kappa shape index (κ3) is 3.90. The average Bonchev–Trinajstić information content (AvgIpc) is 2.92. The Morgan fingerprint density at radius 3 is 2.50 bits per heavy atom. The lowest BCUT2D eigenvalue weighted by molar-refractivity contribution is -0.385. The molecule has 144 valence electrons. The normalized spacial score (nSPS) is 14.0. The van der Waals surface area contributed by atoms with Gasteiger partial charge in [0.1, 0.15) is 12.1 Å². The smallest absolute Gasteiger partial charge is 0.282 e. The maximum Gasteiger partial charge on any atom is 0.282 e. The van der Waals surface area contributed by atoms with E-state index in [2.05, 4.69) is 5.32 Å². The summed E-state index contributed by atoms with van der Waals surface area (Å²) >= 11 is 0. The second kappa shape index (κ2) is 7.99. The number of nitrogens with zero attached hydrogens (tertiary/aromatic N) is 2. The number of carbonyl (C=O) groups is 3. The number of carbonyl (C=O) groups excluding carboxylic acids is 3. The van der Waals surface area contributed by atoms with Gasteiger partial charge in [0.15, 0.2) is 0 Å². The Hall–Kier alpha value is -3.55. The van der Waals surface area contributed by atoms with Crippen LogP contribution in [0.3, 0.4) is 0 Å². The van der Waals surface area contributed by atoms with Crippen molar-refractivity contribution in [2.24, 2.45) is 0 Å². The van der Waals surface area contributed by atoms with Gasteiger partial charge >= 0.3 is 0 Å². The third-order valence-electron chi connectivity index (χ3n) is 4.59. The zero-order valence-electron chi connectivity index (χ0n) is 15.3. The Bertz CT molecular complexity index is 942. The van der Waals surface area contributed by atoms with Crippen molar-refractivity contribution >= 4 is 23.4 Å². The number of hydrogen-bond acceptors (Lipinski definition) is 5. The first-order chi connectivity index (χ1) is 13.4. The average molecular weight is 381 g/mol. The highest BCUT2D eigenvalue weighted by Gasteiger charge is 2.41. The summed E-state index contributed by atoms with van der Waals surface area (Å²) in [4.78, 5) is 48.4. The first-order valence-electron chi connectivity index (χ1n) is 8.85. The number of nitrogens with one attached hydrogen (secondary N) is 1. The molecular weight excluding hydrogens is 362 g/mol. The first-order valence-corrected chi connectivity index (χ1v) is 8.85. The molecule has 3 amide bonds. The molecule has 0 aromatic heterocycles. The molecule has 1 unspecified atom stereocenters. The van der Waals surface area contributed by atoms with E-state index in [9.17, 15) is 24.5 Å². The van der Waals surface area contributed by atoms with E-state index in [0.717, 1.165) is 16.9 Å². The fourth-order valence-corrected chi connectivity index (χ4v) is 3.18. The molecule has 1 N–H and O–H groups in total. The van der Waals surface area contributed by atoms with Gasteiger partial charge in [-0.2, -0.15) is 0 Å². The molecule has 0 spiro atoms. The van der Waals surface area contributed by atoms with Gasteiger partial charge in [0.25, 0.3) is 17.5 Å². The summed E-state index contributed by atoms with van der Waals surface area (Å²) in [6.45, 7) is 1.37. The van der Waals surface area contributed by atoms with Crippen LogP contribution in [-0.4, -0.2) is 40.1 Å². The number of amides is 3. The van der Waals surface area contributed by atoms with Crippen LogP contribution in [0.4, 0.5) is 5.69 Å². The highest BCUT2D eigenvalue weighted by Crippen LogP contribution is 2.30. The van der Waals surface area contributed by atoms with Crippen molar-refractivity contribution in [3.63, 3.8) is 0 Å². The highest BCUT2D eigenvalue weighted by atomic mass is 16.6. The number of hydrogen-bond donors (Lipinski definition) is 1. The number of nitro groups is 1. The van der Waals surface area contributed by atoms with E-state index in [1.54, 1.807) is 0 Å². The Balaban J connectivity index is 1.61. The van der Waals surface area contributed by atoms with Gasteiger partial charge in [-0.3, -0.25) is 29.4 Å². The fraction of sp³-hybridized carbons (Fsp3) is 0.250. The molecule has 1 atom stereocenters. The summed E-state index contributed by atoms with van der Waals surface area (Å²) in [7, 11) is 0. The van der Waals surface area contributed by atoms with Crippen molar-refractivity contribution in [1.82, 2.24) is 10.2 Å². The first kappa shape index (κ1) is 19.2. The molecule has 0 radical (unpaired) electrons. The van der Waals surface area contributed by atoms with Gasteiger partial charge in [-0.25, -0.2) is 0 Å². The number of fused-ring (bicyclic) bond motifs is 1. The Labute approximate surface area is 161 Å². The van der Waals surface area contributed by atoms with Crippen LogP contribution in [-0.2, 0) is 11.2 Å². The molecule has 28 heavy (non-hydrogen) atoms. The molecule has 0 saturated heterocycles. The lowest BCUT2D eigenvalue weighted by Gasteiger charge is -2.17. The maximum atomic E-state index is 12.5. The van der Waals surface area contributed by atoms with E-state index in [1.807, 2.05) is 37.3 Å². The molecular formula is C20H19N3O5. The van der Waals surface area contributed by atoms with Crippen LogP contribution >= 0.6 is 0 Å². The molecule has 0 saturated carbocycles. The minimum Gasteiger partial charge on any atom is -0.352 e. The molecule has 1 heterocycles. The van der Waals surface area contributed by atoms with Crippen molar-refractivity contribution in [1.29, 1.82) is 0 Å². The fourth-order valence-electron chi connectivity index (χ4n) is 3.18. The topological polar surface area (TPSA) is 110 Å². The quantitative estimate of drug-likeness (QED) is 0.450. The highest BCUT2D eigenvalue weighted by molar-refractivity contribution is 6.24. The van der Waals surface area contributed by atoms with Crippen molar-refractivity contribution in [2.75, 3.05) is 6.54 Å². The van der Waals surface area contributed by atoms with Crippen molar-refractivity contribution < 1.29 is 19.3 Å². The molecule has 0 bridgehead atoms. The van der Waals surface area contributed by atoms with Crippen molar-refractivity contribution in [3.05, 3.63) is 75.3 Å². The summed E-state index contributed by atoms with van der Waals surface area (Å²) in [6.07, 6.45) is 1.48. The minimum absolute atomic E-state index is 0.0517. The monoisotopic (exact) mass is 381 g/mol. The maximum absolute atomic E-state index is 12.5. The van der Waals surface area contributed by atoms with E-state index in [-0.39, 0.29) is 17.2 Å².